The van der Waals surface area contributed by atoms with Crippen molar-refractivity contribution in [2.75, 3.05) is 10.5 Å². The lowest BCUT2D eigenvalue weighted by Crippen LogP contribution is -2.14. The molecule has 2 heterocycles. The first-order chi connectivity index (χ1) is 10.4. The molecule has 1 aromatic carbocycles. The Bertz CT molecular complexity index is 1010. The SMILES string of the molecule is Cc1ccc(NS(=O)(=O)c2cn[nH]c2N)c2[nH]cc(C#N)c12. The normalized spacial score (nSPS) is 11.5. The third-order valence-corrected chi connectivity index (χ3v) is 4.72. The van der Waals surface area contributed by atoms with E-state index < -0.39 is 10.0 Å². The van der Waals surface area contributed by atoms with Crippen LogP contribution in [0.15, 0.2) is 29.4 Å². The van der Waals surface area contributed by atoms with E-state index in [4.69, 9.17) is 11.0 Å². The zero-order valence-corrected chi connectivity index (χ0v) is 12.3. The quantitative estimate of drug-likeness (QED) is 0.579. The minimum atomic E-state index is -3.87. The van der Waals surface area contributed by atoms with Gasteiger partial charge in [-0.3, -0.25) is 9.82 Å². The highest BCUT2D eigenvalue weighted by Crippen LogP contribution is 2.30. The number of H-pyrrole nitrogens is 2. The van der Waals surface area contributed by atoms with Gasteiger partial charge < -0.3 is 10.7 Å². The number of benzene rings is 1. The highest BCUT2D eigenvalue weighted by molar-refractivity contribution is 7.92. The van der Waals surface area contributed by atoms with Crippen molar-refractivity contribution in [3.63, 3.8) is 0 Å². The summed E-state index contributed by atoms with van der Waals surface area (Å²) in [5.74, 6) is -0.0416. The van der Waals surface area contributed by atoms with E-state index in [9.17, 15) is 8.42 Å². The van der Waals surface area contributed by atoms with Crippen LogP contribution in [0, 0.1) is 18.3 Å². The molecule has 0 aliphatic carbocycles. The van der Waals surface area contributed by atoms with Crippen molar-refractivity contribution in [1.29, 1.82) is 5.26 Å². The number of aryl methyl sites for hydroxylation is 1. The maximum atomic E-state index is 12.4. The molecule has 0 unspecified atom stereocenters. The Labute approximate surface area is 126 Å². The Hall–Kier alpha value is -2.99. The first kappa shape index (κ1) is 14.0. The first-order valence-electron chi connectivity index (χ1n) is 6.26. The molecule has 3 rings (SSSR count). The fraction of sp³-hybridized carbons (Fsp3) is 0.0769. The second-order valence-electron chi connectivity index (χ2n) is 4.75. The minimum absolute atomic E-state index is 0.0416. The van der Waals surface area contributed by atoms with Crippen LogP contribution in [0.4, 0.5) is 11.5 Å². The van der Waals surface area contributed by atoms with Crippen LogP contribution in [-0.4, -0.2) is 23.6 Å². The number of nitrogens with two attached hydrogens (primary N) is 1. The molecule has 0 bridgehead atoms. The summed E-state index contributed by atoms with van der Waals surface area (Å²) < 4.78 is 27.2. The number of hydrogen-bond acceptors (Lipinski definition) is 5. The van der Waals surface area contributed by atoms with Gasteiger partial charge >= 0.3 is 0 Å². The molecule has 8 nitrogen and oxygen atoms in total. The molecule has 0 radical (unpaired) electrons. The number of aromatic amines is 2. The molecule has 5 N–H and O–H groups in total. The predicted octanol–water partition coefficient (Wildman–Crippen LogP) is 1.45. The molecule has 3 aromatic rings. The van der Waals surface area contributed by atoms with Gasteiger partial charge in [0.05, 0.1) is 23.0 Å². The molecular weight excluding hydrogens is 304 g/mol. The lowest BCUT2D eigenvalue weighted by atomic mass is 10.1. The number of aromatic nitrogens is 3. The molecule has 0 spiro atoms. The van der Waals surface area contributed by atoms with Crippen molar-refractivity contribution >= 4 is 32.4 Å². The van der Waals surface area contributed by atoms with E-state index in [-0.39, 0.29) is 10.7 Å². The second-order valence-corrected chi connectivity index (χ2v) is 6.40. The van der Waals surface area contributed by atoms with Crippen molar-refractivity contribution in [1.82, 2.24) is 15.2 Å². The Morgan fingerprint density at radius 1 is 1.41 bits per heavy atom. The van der Waals surface area contributed by atoms with E-state index in [1.165, 1.54) is 0 Å². The molecule has 0 saturated carbocycles. The predicted molar refractivity (Wildman–Crippen MR) is 81.6 cm³/mol. The summed E-state index contributed by atoms with van der Waals surface area (Å²) in [6.45, 7) is 1.85. The number of fused-ring (bicyclic) bond motifs is 1. The Morgan fingerprint density at radius 3 is 2.82 bits per heavy atom. The van der Waals surface area contributed by atoms with Gasteiger partial charge in [0.15, 0.2) is 0 Å². The van der Waals surface area contributed by atoms with E-state index in [0.29, 0.717) is 22.2 Å². The van der Waals surface area contributed by atoms with Crippen molar-refractivity contribution in [3.8, 4) is 6.07 Å². The zero-order chi connectivity index (χ0) is 15.9. The number of anilines is 2. The summed E-state index contributed by atoms with van der Waals surface area (Å²) in [6, 6.07) is 5.45. The average Bonchev–Trinajstić information content (AvgIpc) is 3.08. The standard InChI is InChI=1S/C13H12N6O2S/c1-7-2-3-9(12-11(7)8(4-14)5-16-12)19-22(20,21)10-6-17-18-13(10)15/h2-3,5-6,16,19H,1H3,(H3,15,17,18). The van der Waals surface area contributed by atoms with Crippen LogP contribution in [0.3, 0.4) is 0 Å². The lowest BCUT2D eigenvalue weighted by molar-refractivity contribution is 0.601. The van der Waals surface area contributed by atoms with Gasteiger partial charge in [0.1, 0.15) is 16.8 Å². The fourth-order valence-electron chi connectivity index (χ4n) is 2.29. The Balaban J connectivity index is 2.13. The molecule has 0 saturated heterocycles. The van der Waals surface area contributed by atoms with E-state index in [0.717, 1.165) is 11.8 Å². The maximum Gasteiger partial charge on any atom is 0.267 e. The summed E-state index contributed by atoms with van der Waals surface area (Å²) >= 11 is 0. The number of nitriles is 1. The number of nitrogen functional groups attached to an aromatic ring is 1. The van der Waals surface area contributed by atoms with Gasteiger partial charge in [-0.1, -0.05) is 6.07 Å². The third-order valence-electron chi connectivity index (χ3n) is 3.33. The molecule has 2 aromatic heterocycles. The van der Waals surface area contributed by atoms with Crippen LogP contribution in [0.25, 0.3) is 10.9 Å². The van der Waals surface area contributed by atoms with Crippen LogP contribution in [0.1, 0.15) is 11.1 Å². The molecule has 22 heavy (non-hydrogen) atoms. The summed E-state index contributed by atoms with van der Waals surface area (Å²) in [4.78, 5) is 2.80. The highest BCUT2D eigenvalue weighted by Gasteiger charge is 2.21. The molecule has 9 heteroatoms. The summed E-state index contributed by atoms with van der Waals surface area (Å²) in [7, 11) is -3.87. The van der Waals surface area contributed by atoms with Crippen molar-refractivity contribution in [2.24, 2.45) is 0 Å². The number of rotatable bonds is 3. The number of nitrogens with one attached hydrogen (secondary N) is 3. The smallest absolute Gasteiger partial charge is 0.267 e. The van der Waals surface area contributed by atoms with Gasteiger partial charge in [-0.25, -0.2) is 8.42 Å². The fourth-order valence-corrected chi connectivity index (χ4v) is 3.39. The molecule has 0 fully saturated rings. The van der Waals surface area contributed by atoms with Crippen molar-refractivity contribution in [3.05, 3.63) is 35.7 Å². The average molecular weight is 316 g/mol. The van der Waals surface area contributed by atoms with Crippen LogP contribution in [0.5, 0.6) is 0 Å². The highest BCUT2D eigenvalue weighted by atomic mass is 32.2. The van der Waals surface area contributed by atoms with Gasteiger partial charge in [0.2, 0.25) is 0 Å². The molecule has 0 aliphatic rings. The van der Waals surface area contributed by atoms with Gasteiger partial charge in [0, 0.05) is 11.6 Å². The van der Waals surface area contributed by atoms with Crippen molar-refractivity contribution in [2.45, 2.75) is 11.8 Å². The van der Waals surface area contributed by atoms with Gasteiger partial charge in [0.25, 0.3) is 10.0 Å². The zero-order valence-electron chi connectivity index (χ0n) is 11.5. The second kappa shape index (κ2) is 4.78. The molecule has 0 aliphatic heterocycles. The van der Waals surface area contributed by atoms with E-state index in [1.807, 2.05) is 6.92 Å². The monoisotopic (exact) mass is 316 g/mol. The minimum Gasteiger partial charge on any atom is -0.383 e. The summed E-state index contributed by atoms with van der Waals surface area (Å²) in [6.07, 6.45) is 2.68. The topological polar surface area (TPSA) is 140 Å². The lowest BCUT2D eigenvalue weighted by Gasteiger charge is -2.09. The maximum absolute atomic E-state index is 12.4. The Kier molecular flexibility index (Phi) is 3.04. The number of hydrogen-bond donors (Lipinski definition) is 4. The summed E-state index contributed by atoms with van der Waals surface area (Å²) in [5, 5.41) is 15.8. The Morgan fingerprint density at radius 2 is 2.18 bits per heavy atom. The van der Waals surface area contributed by atoms with Gasteiger partial charge in [-0.2, -0.15) is 10.4 Å². The van der Waals surface area contributed by atoms with Gasteiger partial charge in [-0.05, 0) is 18.6 Å². The van der Waals surface area contributed by atoms with Crippen LogP contribution < -0.4 is 10.5 Å². The van der Waals surface area contributed by atoms with Crippen LogP contribution in [0.2, 0.25) is 0 Å². The molecular formula is C13H12N6O2S. The molecule has 0 amide bonds. The van der Waals surface area contributed by atoms with E-state index >= 15 is 0 Å². The first-order valence-corrected chi connectivity index (χ1v) is 7.75. The summed E-state index contributed by atoms with van der Waals surface area (Å²) in [5.41, 5.74) is 7.76. The molecule has 0 atom stereocenters. The van der Waals surface area contributed by atoms with Crippen LogP contribution in [-0.2, 0) is 10.0 Å². The van der Waals surface area contributed by atoms with Crippen LogP contribution >= 0.6 is 0 Å². The number of nitrogens with zero attached hydrogens (tertiary/aromatic N) is 2. The van der Waals surface area contributed by atoms with Gasteiger partial charge in [-0.15, -0.1) is 0 Å². The number of sulfonamides is 1. The van der Waals surface area contributed by atoms with E-state index in [2.05, 4.69) is 26.0 Å². The third kappa shape index (κ3) is 2.06. The van der Waals surface area contributed by atoms with E-state index in [1.54, 1.807) is 18.3 Å². The van der Waals surface area contributed by atoms with Crippen molar-refractivity contribution < 1.29 is 8.42 Å². The largest absolute Gasteiger partial charge is 0.383 e. The molecule has 112 valence electrons.